The molecule has 2 atom stereocenters. The number of nitrogens with zero attached hydrogens (tertiary/aromatic N) is 2. The SMILES string of the molecule is NC[C@H]1CC[C@H](C(=O)N2CC[C@@H](c3ccccc3)[C@H]2C(=O)Nc2ccc(-c3nc(=O)o[nH]3)cc2)CC1. The number of hydrogen-bond donors (Lipinski definition) is 3. The normalized spacial score (nSPS) is 24.0. The Balaban J connectivity index is 1.35. The Labute approximate surface area is 209 Å². The third kappa shape index (κ3) is 4.97. The van der Waals surface area contributed by atoms with E-state index in [4.69, 9.17) is 5.73 Å². The van der Waals surface area contributed by atoms with Gasteiger partial charge in [0.1, 0.15) is 6.04 Å². The van der Waals surface area contributed by atoms with Gasteiger partial charge < -0.3 is 20.5 Å². The molecule has 4 N–H and O–H groups in total. The van der Waals surface area contributed by atoms with Gasteiger partial charge in [-0.15, -0.1) is 0 Å². The van der Waals surface area contributed by atoms with Crippen LogP contribution in [0.15, 0.2) is 63.9 Å². The van der Waals surface area contributed by atoms with Crippen LogP contribution in [0.25, 0.3) is 11.4 Å². The van der Waals surface area contributed by atoms with E-state index in [1.165, 1.54) is 0 Å². The van der Waals surface area contributed by atoms with Crippen molar-refractivity contribution in [1.82, 2.24) is 15.0 Å². The summed E-state index contributed by atoms with van der Waals surface area (Å²) in [4.78, 5) is 44.0. The van der Waals surface area contributed by atoms with Crippen LogP contribution in [0, 0.1) is 11.8 Å². The first-order chi connectivity index (χ1) is 17.5. The molecule has 0 unspecified atom stereocenters. The van der Waals surface area contributed by atoms with Crippen LogP contribution in [0.4, 0.5) is 5.69 Å². The Morgan fingerprint density at radius 1 is 1.03 bits per heavy atom. The number of anilines is 1. The summed E-state index contributed by atoms with van der Waals surface area (Å²) in [5.41, 5.74) is 8.16. The minimum Gasteiger partial charge on any atom is -0.330 e. The summed E-state index contributed by atoms with van der Waals surface area (Å²) >= 11 is 0. The number of aromatic amines is 1. The van der Waals surface area contributed by atoms with E-state index in [-0.39, 0.29) is 23.7 Å². The molecule has 9 heteroatoms. The fourth-order valence-corrected chi connectivity index (χ4v) is 5.57. The Morgan fingerprint density at radius 3 is 2.39 bits per heavy atom. The average molecular weight is 490 g/mol. The number of benzene rings is 2. The van der Waals surface area contributed by atoms with Gasteiger partial charge in [0.25, 0.3) is 0 Å². The molecule has 2 heterocycles. The van der Waals surface area contributed by atoms with Crippen LogP contribution >= 0.6 is 0 Å². The first kappa shape index (κ1) is 24.0. The zero-order valence-electron chi connectivity index (χ0n) is 20.1. The van der Waals surface area contributed by atoms with E-state index in [1.54, 1.807) is 29.2 Å². The quantitative estimate of drug-likeness (QED) is 0.487. The highest BCUT2D eigenvalue weighted by molar-refractivity contribution is 5.98. The molecule has 0 bridgehead atoms. The molecule has 1 saturated carbocycles. The van der Waals surface area contributed by atoms with Gasteiger partial charge in [-0.2, -0.15) is 10.1 Å². The third-order valence-electron chi connectivity index (χ3n) is 7.57. The summed E-state index contributed by atoms with van der Waals surface area (Å²) in [5.74, 6) is -0.142. The first-order valence-electron chi connectivity index (χ1n) is 12.6. The van der Waals surface area contributed by atoms with Gasteiger partial charge in [-0.1, -0.05) is 30.3 Å². The second-order valence-corrected chi connectivity index (χ2v) is 9.73. The Morgan fingerprint density at radius 2 is 1.75 bits per heavy atom. The van der Waals surface area contributed by atoms with Gasteiger partial charge in [0, 0.05) is 29.6 Å². The van der Waals surface area contributed by atoms with E-state index in [2.05, 4.69) is 20.0 Å². The van der Waals surface area contributed by atoms with Crippen LogP contribution in [0.5, 0.6) is 0 Å². The molecular formula is C27H31N5O4. The maximum absolute atomic E-state index is 13.7. The monoisotopic (exact) mass is 489 g/mol. The second-order valence-electron chi connectivity index (χ2n) is 9.73. The third-order valence-corrected chi connectivity index (χ3v) is 7.57. The minimum absolute atomic E-state index is 0.0541. The molecule has 1 aliphatic heterocycles. The average Bonchev–Trinajstić information content (AvgIpc) is 3.56. The lowest BCUT2D eigenvalue weighted by Gasteiger charge is -2.33. The van der Waals surface area contributed by atoms with Crippen molar-refractivity contribution in [2.24, 2.45) is 17.6 Å². The summed E-state index contributed by atoms with van der Waals surface area (Å²) in [6.45, 7) is 1.23. The maximum atomic E-state index is 13.7. The standard InChI is InChI=1S/C27H31N5O4/c28-16-17-6-8-20(9-7-17)26(34)32-15-14-22(18-4-2-1-3-5-18)23(32)25(33)29-21-12-10-19(11-13-21)24-30-27(35)36-31-24/h1-5,10-13,17,20,22-23H,6-9,14-16,28H2,(H,29,33)(H,30,31,35)/t17-,20-,22-,23-/m0/s1. The molecule has 0 spiro atoms. The van der Waals surface area contributed by atoms with Gasteiger partial charge in [0.2, 0.25) is 11.8 Å². The fourth-order valence-electron chi connectivity index (χ4n) is 5.57. The highest BCUT2D eigenvalue weighted by atomic mass is 16.5. The number of amides is 2. The number of rotatable bonds is 6. The molecule has 0 radical (unpaired) electrons. The van der Waals surface area contributed by atoms with Crippen LogP contribution in [-0.2, 0) is 9.59 Å². The molecule has 2 fully saturated rings. The molecule has 3 aromatic rings. The summed E-state index contributed by atoms with van der Waals surface area (Å²) in [6.07, 6.45) is 4.32. The highest BCUT2D eigenvalue weighted by Gasteiger charge is 2.44. The topological polar surface area (TPSA) is 134 Å². The van der Waals surface area contributed by atoms with Gasteiger partial charge in [0.15, 0.2) is 5.82 Å². The van der Waals surface area contributed by atoms with E-state index in [9.17, 15) is 14.4 Å². The minimum atomic E-state index is -0.697. The van der Waals surface area contributed by atoms with Crippen molar-refractivity contribution in [3.05, 3.63) is 70.7 Å². The predicted molar refractivity (Wildman–Crippen MR) is 135 cm³/mol. The van der Waals surface area contributed by atoms with Crippen molar-refractivity contribution >= 4 is 17.5 Å². The van der Waals surface area contributed by atoms with E-state index >= 15 is 0 Å². The molecule has 5 rings (SSSR count). The molecule has 1 saturated heterocycles. The maximum Gasteiger partial charge on any atom is 0.460 e. The molecular weight excluding hydrogens is 458 g/mol. The predicted octanol–water partition coefficient (Wildman–Crippen LogP) is 3.12. The van der Waals surface area contributed by atoms with Gasteiger partial charge in [-0.05, 0) is 74.4 Å². The van der Waals surface area contributed by atoms with Crippen LogP contribution in [0.1, 0.15) is 43.6 Å². The molecule has 36 heavy (non-hydrogen) atoms. The lowest BCUT2D eigenvalue weighted by Crippen LogP contribution is -2.48. The number of carbonyl (C=O) groups is 2. The van der Waals surface area contributed by atoms with Crippen LogP contribution < -0.4 is 16.8 Å². The zero-order chi connectivity index (χ0) is 25.1. The second kappa shape index (κ2) is 10.5. The Hall–Kier alpha value is -3.72. The number of aromatic nitrogens is 2. The number of hydrogen-bond acceptors (Lipinski definition) is 6. The van der Waals surface area contributed by atoms with E-state index in [0.29, 0.717) is 36.1 Å². The molecule has 1 aromatic heterocycles. The number of nitrogens with two attached hydrogens (primary N) is 1. The summed E-state index contributed by atoms with van der Waals surface area (Å²) < 4.78 is 4.63. The van der Waals surface area contributed by atoms with Crippen molar-refractivity contribution in [2.45, 2.75) is 44.1 Å². The number of likely N-dealkylation sites (tertiary alicyclic amines) is 1. The van der Waals surface area contributed by atoms with Crippen LogP contribution in [0.2, 0.25) is 0 Å². The fraction of sp³-hybridized carbons (Fsp3) is 0.407. The molecule has 9 nitrogen and oxygen atoms in total. The van der Waals surface area contributed by atoms with Crippen LogP contribution in [0.3, 0.4) is 0 Å². The molecule has 2 aromatic carbocycles. The molecule has 1 aliphatic carbocycles. The smallest absolute Gasteiger partial charge is 0.330 e. The van der Waals surface area contributed by atoms with E-state index < -0.39 is 11.8 Å². The van der Waals surface area contributed by atoms with Crippen molar-refractivity contribution < 1.29 is 14.1 Å². The highest BCUT2D eigenvalue weighted by Crippen LogP contribution is 2.38. The molecule has 2 amide bonds. The first-order valence-corrected chi connectivity index (χ1v) is 12.6. The van der Waals surface area contributed by atoms with Gasteiger partial charge in [-0.3, -0.25) is 9.59 Å². The largest absolute Gasteiger partial charge is 0.460 e. The lowest BCUT2D eigenvalue weighted by atomic mass is 9.81. The molecule has 188 valence electrons. The van der Waals surface area contributed by atoms with Gasteiger partial charge in [-0.25, -0.2) is 4.79 Å². The number of carbonyl (C=O) groups excluding carboxylic acids is 2. The summed E-state index contributed by atoms with van der Waals surface area (Å²) in [7, 11) is 0. The zero-order valence-corrected chi connectivity index (χ0v) is 20.1. The summed E-state index contributed by atoms with van der Waals surface area (Å²) in [5, 5.41) is 5.48. The summed E-state index contributed by atoms with van der Waals surface area (Å²) in [6, 6.07) is 16.3. The van der Waals surface area contributed by atoms with Gasteiger partial charge in [0.05, 0.1) is 0 Å². The molecule has 2 aliphatic rings. The Bertz CT molecular complexity index is 1240. The Kier molecular flexibility index (Phi) is 6.99. The van der Waals surface area contributed by atoms with Crippen LogP contribution in [-0.4, -0.2) is 46.0 Å². The number of H-pyrrole nitrogens is 1. The van der Waals surface area contributed by atoms with E-state index in [0.717, 1.165) is 37.7 Å². The van der Waals surface area contributed by atoms with Crippen molar-refractivity contribution in [2.75, 3.05) is 18.4 Å². The number of nitrogens with one attached hydrogen (secondary N) is 2. The van der Waals surface area contributed by atoms with Crippen molar-refractivity contribution in [3.63, 3.8) is 0 Å². The lowest BCUT2D eigenvalue weighted by molar-refractivity contribution is -0.141. The van der Waals surface area contributed by atoms with Crippen molar-refractivity contribution in [1.29, 1.82) is 0 Å². The van der Waals surface area contributed by atoms with Gasteiger partial charge >= 0.3 is 5.76 Å². The van der Waals surface area contributed by atoms with E-state index in [1.807, 2.05) is 30.3 Å². The van der Waals surface area contributed by atoms with Crippen molar-refractivity contribution in [3.8, 4) is 11.4 Å².